The number of nitrogens with one attached hydrogen (secondary N) is 2. The molecule has 0 saturated carbocycles. The Morgan fingerprint density at radius 2 is 2.11 bits per heavy atom. The minimum Gasteiger partial charge on any atom is -0.353 e. The van der Waals surface area contributed by atoms with Gasteiger partial charge >= 0.3 is 0 Å². The van der Waals surface area contributed by atoms with Gasteiger partial charge in [0.05, 0.1) is 11.4 Å². The maximum Gasteiger partial charge on any atom is 0.241 e. The number of carbonyl (C=O) groups excluding carboxylic acids is 1. The molecule has 0 aliphatic heterocycles. The summed E-state index contributed by atoms with van der Waals surface area (Å²) in [5.74, 6) is -0.361. The van der Waals surface area contributed by atoms with E-state index in [9.17, 15) is 13.2 Å². The lowest BCUT2D eigenvalue weighted by Gasteiger charge is -2.12. The number of hydrogen-bond donors (Lipinski definition) is 2. The topological polar surface area (TPSA) is 75.3 Å². The van der Waals surface area contributed by atoms with Gasteiger partial charge in [-0.1, -0.05) is 24.6 Å². The van der Waals surface area contributed by atoms with Crippen molar-refractivity contribution in [1.82, 2.24) is 10.0 Å². The van der Waals surface area contributed by atoms with Crippen molar-refractivity contribution in [2.45, 2.75) is 31.2 Å². The molecule has 1 aromatic carbocycles. The lowest BCUT2D eigenvalue weighted by molar-refractivity contribution is -0.120. The van der Waals surface area contributed by atoms with E-state index in [-0.39, 0.29) is 23.4 Å². The molecule has 0 fully saturated rings. The average molecular weight is 305 g/mol. The first kappa shape index (κ1) is 15.9. The lowest BCUT2D eigenvalue weighted by Crippen LogP contribution is -2.40. The normalized spacial score (nSPS) is 13.0. The van der Waals surface area contributed by atoms with E-state index in [1.54, 1.807) is 6.07 Å². The fraction of sp³-hybridized carbons (Fsp3) is 0.417. The van der Waals surface area contributed by atoms with Crippen LogP contribution in [0, 0.1) is 0 Å². The van der Waals surface area contributed by atoms with E-state index < -0.39 is 10.0 Å². The van der Waals surface area contributed by atoms with Crippen molar-refractivity contribution in [2.24, 2.45) is 0 Å². The van der Waals surface area contributed by atoms with Gasteiger partial charge in [0.2, 0.25) is 15.9 Å². The summed E-state index contributed by atoms with van der Waals surface area (Å²) in [7, 11) is -3.72. The Hall–Kier alpha value is -1.11. The fourth-order valence-electron chi connectivity index (χ4n) is 1.31. The molecule has 2 N–H and O–H groups in total. The summed E-state index contributed by atoms with van der Waals surface area (Å²) >= 11 is 5.73. The highest BCUT2D eigenvalue weighted by Crippen LogP contribution is 2.14. The second kappa shape index (κ2) is 6.88. The molecule has 0 saturated heterocycles. The van der Waals surface area contributed by atoms with E-state index in [2.05, 4.69) is 10.0 Å². The first-order valence-corrected chi connectivity index (χ1v) is 7.76. The van der Waals surface area contributed by atoms with Gasteiger partial charge in [0, 0.05) is 11.1 Å². The molecule has 1 atom stereocenters. The summed E-state index contributed by atoms with van der Waals surface area (Å²) in [6.45, 7) is 3.49. The van der Waals surface area contributed by atoms with Crippen LogP contribution in [0.5, 0.6) is 0 Å². The molecule has 0 aromatic heterocycles. The van der Waals surface area contributed by atoms with Crippen LogP contribution in [-0.4, -0.2) is 26.9 Å². The highest BCUT2D eigenvalue weighted by molar-refractivity contribution is 7.89. The molecule has 106 valence electrons. The Morgan fingerprint density at radius 3 is 2.68 bits per heavy atom. The van der Waals surface area contributed by atoms with Crippen LogP contribution in [-0.2, 0) is 14.8 Å². The van der Waals surface area contributed by atoms with Crippen LogP contribution in [0.1, 0.15) is 20.3 Å². The molecule has 7 heteroatoms. The molecule has 0 aliphatic rings. The number of halogens is 1. The number of sulfonamides is 1. The SMILES string of the molecule is CCC(C)NC(=O)CNS(=O)(=O)c1cccc(Cl)c1. The van der Waals surface area contributed by atoms with Crippen molar-refractivity contribution in [3.63, 3.8) is 0 Å². The van der Waals surface area contributed by atoms with Gasteiger partial charge in [-0.05, 0) is 31.5 Å². The Morgan fingerprint density at radius 1 is 1.42 bits per heavy atom. The molecular formula is C12H17ClN2O3S. The first-order valence-electron chi connectivity index (χ1n) is 5.89. The third-order valence-electron chi connectivity index (χ3n) is 2.55. The predicted octanol–water partition coefficient (Wildman–Crippen LogP) is 1.53. The summed E-state index contributed by atoms with van der Waals surface area (Å²) in [4.78, 5) is 11.5. The van der Waals surface area contributed by atoms with Crippen LogP contribution in [0.3, 0.4) is 0 Å². The standard InChI is InChI=1S/C12H17ClN2O3S/c1-3-9(2)15-12(16)8-14-19(17,18)11-6-4-5-10(13)7-11/h4-7,9,14H,3,8H2,1-2H3,(H,15,16). The maximum atomic E-state index is 11.9. The quantitative estimate of drug-likeness (QED) is 0.837. The van der Waals surface area contributed by atoms with E-state index >= 15 is 0 Å². The molecule has 19 heavy (non-hydrogen) atoms. The zero-order chi connectivity index (χ0) is 14.5. The second-order valence-corrected chi connectivity index (χ2v) is 6.36. The Labute approximate surface area is 118 Å². The summed E-state index contributed by atoms with van der Waals surface area (Å²) in [5.41, 5.74) is 0. The zero-order valence-electron chi connectivity index (χ0n) is 10.8. The van der Waals surface area contributed by atoms with E-state index in [0.717, 1.165) is 6.42 Å². The van der Waals surface area contributed by atoms with Gasteiger partial charge in [-0.2, -0.15) is 0 Å². The Balaban J connectivity index is 2.64. The summed E-state index contributed by atoms with van der Waals surface area (Å²) < 4.78 is 26.0. The highest BCUT2D eigenvalue weighted by Gasteiger charge is 2.16. The second-order valence-electron chi connectivity index (χ2n) is 4.16. The number of benzene rings is 1. The van der Waals surface area contributed by atoms with Gasteiger partial charge in [0.15, 0.2) is 0 Å². The first-order chi connectivity index (χ1) is 8.85. The van der Waals surface area contributed by atoms with Gasteiger partial charge < -0.3 is 5.32 Å². The number of carbonyl (C=O) groups is 1. The van der Waals surface area contributed by atoms with Crippen LogP contribution in [0.4, 0.5) is 0 Å². The smallest absolute Gasteiger partial charge is 0.241 e. The van der Waals surface area contributed by atoms with Crippen LogP contribution < -0.4 is 10.0 Å². The van der Waals surface area contributed by atoms with Crippen molar-refractivity contribution in [1.29, 1.82) is 0 Å². The molecule has 1 unspecified atom stereocenters. The van der Waals surface area contributed by atoms with E-state index in [1.807, 2.05) is 13.8 Å². The summed E-state index contributed by atoms with van der Waals surface area (Å²) in [6.07, 6.45) is 0.785. The highest BCUT2D eigenvalue weighted by atomic mass is 35.5. The molecule has 0 heterocycles. The third kappa shape index (κ3) is 5.18. The monoisotopic (exact) mass is 304 g/mol. The van der Waals surface area contributed by atoms with Crippen LogP contribution >= 0.6 is 11.6 Å². The minimum atomic E-state index is -3.72. The Bertz CT molecular complexity index is 546. The molecule has 0 aliphatic carbocycles. The van der Waals surface area contributed by atoms with E-state index in [1.165, 1.54) is 18.2 Å². The molecule has 1 aromatic rings. The fourth-order valence-corrected chi connectivity index (χ4v) is 2.59. The van der Waals surface area contributed by atoms with Crippen molar-refractivity contribution >= 4 is 27.5 Å². The van der Waals surface area contributed by atoms with Gasteiger partial charge in [0.1, 0.15) is 0 Å². The molecule has 0 bridgehead atoms. The van der Waals surface area contributed by atoms with Gasteiger partial charge in [-0.15, -0.1) is 0 Å². The third-order valence-corrected chi connectivity index (χ3v) is 4.18. The van der Waals surface area contributed by atoms with E-state index in [0.29, 0.717) is 5.02 Å². The van der Waals surface area contributed by atoms with Gasteiger partial charge in [0.25, 0.3) is 0 Å². The van der Waals surface area contributed by atoms with Crippen LogP contribution in [0.2, 0.25) is 5.02 Å². The lowest BCUT2D eigenvalue weighted by atomic mass is 10.2. The molecule has 0 spiro atoms. The van der Waals surface area contributed by atoms with Gasteiger partial charge in [-0.25, -0.2) is 13.1 Å². The van der Waals surface area contributed by atoms with Crippen molar-refractivity contribution in [3.8, 4) is 0 Å². The largest absolute Gasteiger partial charge is 0.353 e. The average Bonchev–Trinajstić information content (AvgIpc) is 2.36. The molecule has 5 nitrogen and oxygen atoms in total. The minimum absolute atomic E-state index is 0.0168. The number of amides is 1. The van der Waals surface area contributed by atoms with Gasteiger partial charge in [-0.3, -0.25) is 4.79 Å². The predicted molar refractivity (Wildman–Crippen MR) is 74.5 cm³/mol. The number of hydrogen-bond acceptors (Lipinski definition) is 3. The van der Waals surface area contributed by atoms with Crippen molar-refractivity contribution in [3.05, 3.63) is 29.3 Å². The number of rotatable bonds is 6. The van der Waals surface area contributed by atoms with E-state index in [4.69, 9.17) is 11.6 Å². The van der Waals surface area contributed by atoms with Crippen LogP contribution in [0.15, 0.2) is 29.2 Å². The van der Waals surface area contributed by atoms with Crippen molar-refractivity contribution in [2.75, 3.05) is 6.54 Å². The Kier molecular flexibility index (Phi) is 5.78. The van der Waals surface area contributed by atoms with Crippen molar-refractivity contribution < 1.29 is 13.2 Å². The molecular weight excluding hydrogens is 288 g/mol. The summed E-state index contributed by atoms with van der Waals surface area (Å²) in [5, 5.41) is 3.00. The zero-order valence-corrected chi connectivity index (χ0v) is 12.4. The molecule has 1 amide bonds. The molecule has 0 radical (unpaired) electrons. The maximum absolute atomic E-state index is 11.9. The molecule has 1 rings (SSSR count). The van der Waals surface area contributed by atoms with Crippen LogP contribution in [0.25, 0.3) is 0 Å². The summed E-state index contributed by atoms with van der Waals surface area (Å²) in [6, 6.07) is 5.88.